The van der Waals surface area contributed by atoms with Gasteiger partial charge < -0.3 is 10.6 Å². The van der Waals surface area contributed by atoms with Crippen LogP contribution in [-0.2, 0) is 16.0 Å². The number of carbonyl (C=O) groups is 2. The van der Waals surface area contributed by atoms with Crippen molar-refractivity contribution < 1.29 is 9.59 Å². The van der Waals surface area contributed by atoms with Crippen molar-refractivity contribution in [3.8, 4) is 0 Å². The van der Waals surface area contributed by atoms with Crippen molar-refractivity contribution in [2.75, 3.05) is 19.6 Å². The smallest absolute Gasteiger partial charge is 0.237 e. The normalized spacial score (nSPS) is 18.4. The molecular weight excluding hydrogens is 278 g/mol. The van der Waals surface area contributed by atoms with E-state index in [1.807, 2.05) is 36.9 Å². The Bertz CT molecular complexity index is 504. The first kappa shape index (κ1) is 16.5. The highest BCUT2D eigenvalue weighted by Crippen LogP contribution is 2.06. The molecule has 5 nitrogen and oxygen atoms in total. The maximum Gasteiger partial charge on any atom is 0.237 e. The topological polar surface area (TPSA) is 61.4 Å². The summed E-state index contributed by atoms with van der Waals surface area (Å²) in [4.78, 5) is 25.6. The summed E-state index contributed by atoms with van der Waals surface area (Å²) >= 11 is 0. The van der Waals surface area contributed by atoms with Crippen molar-refractivity contribution in [2.45, 2.75) is 38.8 Å². The molecule has 0 saturated carbocycles. The van der Waals surface area contributed by atoms with Gasteiger partial charge in [-0.2, -0.15) is 0 Å². The van der Waals surface area contributed by atoms with Crippen LogP contribution in [0.1, 0.15) is 25.8 Å². The number of nitrogens with one attached hydrogen (secondary N) is 2. The Hall–Kier alpha value is -1.88. The minimum Gasteiger partial charge on any atom is -0.354 e. The maximum absolute atomic E-state index is 12.3. The lowest BCUT2D eigenvalue weighted by atomic mass is 10.1. The standard InChI is InChI=1S/C17H25N3O2/c1-13(8-9-15-6-4-3-5-7-15)19-17(22)14(2)20-11-10-18-16(21)12-20/h3-7,13-14H,8-12H2,1-2H3,(H,18,21)(H,19,22)/t13-,14+/m1/s1. The number of hydrogen-bond acceptors (Lipinski definition) is 3. The van der Waals surface area contributed by atoms with Gasteiger partial charge in [0.2, 0.25) is 11.8 Å². The van der Waals surface area contributed by atoms with Crippen LogP contribution in [0.4, 0.5) is 0 Å². The van der Waals surface area contributed by atoms with Crippen LogP contribution in [0.2, 0.25) is 0 Å². The van der Waals surface area contributed by atoms with E-state index in [2.05, 4.69) is 22.8 Å². The molecule has 1 fully saturated rings. The third kappa shape index (κ3) is 4.84. The number of benzene rings is 1. The van der Waals surface area contributed by atoms with Gasteiger partial charge in [0.25, 0.3) is 0 Å². The average molecular weight is 303 g/mol. The molecule has 2 rings (SSSR count). The first-order chi connectivity index (χ1) is 10.6. The van der Waals surface area contributed by atoms with Gasteiger partial charge in [-0.1, -0.05) is 30.3 Å². The van der Waals surface area contributed by atoms with Gasteiger partial charge in [-0.05, 0) is 32.3 Å². The van der Waals surface area contributed by atoms with E-state index < -0.39 is 0 Å². The van der Waals surface area contributed by atoms with Gasteiger partial charge in [-0.25, -0.2) is 0 Å². The lowest BCUT2D eigenvalue weighted by Gasteiger charge is -2.31. The second kappa shape index (κ2) is 7.94. The van der Waals surface area contributed by atoms with E-state index in [1.165, 1.54) is 5.56 Å². The van der Waals surface area contributed by atoms with E-state index in [0.29, 0.717) is 13.1 Å². The van der Waals surface area contributed by atoms with Crippen LogP contribution in [0.5, 0.6) is 0 Å². The Morgan fingerprint density at radius 3 is 2.73 bits per heavy atom. The van der Waals surface area contributed by atoms with E-state index >= 15 is 0 Å². The van der Waals surface area contributed by atoms with Gasteiger partial charge in [0.15, 0.2) is 0 Å². The molecular formula is C17H25N3O2. The summed E-state index contributed by atoms with van der Waals surface area (Å²) in [6.07, 6.45) is 1.85. The van der Waals surface area contributed by atoms with Gasteiger partial charge in [0, 0.05) is 19.1 Å². The van der Waals surface area contributed by atoms with Crippen molar-refractivity contribution >= 4 is 11.8 Å². The molecule has 1 aliphatic heterocycles. The molecule has 1 aromatic carbocycles. The number of rotatable bonds is 6. The fourth-order valence-corrected chi connectivity index (χ4v) is 2.62. The molecule has 2 amide bonds. The van der Waals surface area contributed by atoms with Gasteiger partial charge in [-0.15, -0.1) is 0 Å². The predicted molar refractivity (Wildman–Crippen MR) is 86.4 cm³/mol. The van der Waals surface area contributed by atoms with Crippen molar-refractivity contribution in [1.82, 2.24) is 15.5 Å². The average Bonchev–Trinajstić information content (AvgIpc) is 2.53. The Morgan fingerprint density at radius 1 is 1.32 bits per heavy atom. The molecule has 1 heterocycles. The van der Waals surface area contributed by atoms with Crippen LogP contribution < -0.4 is 10.6 Å². The van der Waals surface area contributed by atoms with Crippen LogP contribution in [0.15, 0.2) is 30.3 Å². The Labute approximate surface area is 132 Å². The van der Waals surface area contributed by atoms with E-state index in [-0.39, 0.29) is 23.9 Å². The Morgan fingerprint density at radius 2 is 2.05 bits per heavy atom. The SMILES string of the molecule is C[C@H](CCc1ccccc1)NC(=O)[C@H](C)N1CCNC(=O)C1. The number of aryl methyl sites for hydroxylation is 1. The number of piperazine rings is 1. The molecule has 2 atom stereocenters. The number of amides is 2. The molecule has 0 spiro atoms. The molecule has 1 aliphatic rings. The molecule has 1 saturated heterocycles. The summed E-state index contributed by atoms with van der Waals surface area (Å²) in [6, 6.07) is 10.1. The molecule has 2 N–H and O–H groups in total. The van der Waals surface area contributed by atoms with Crippen LogP contribution in [0, 0.1) is 0 Å². The summed E-state index contributed by atoms with van der Waals surface area (Å²) in [5.74, 6) is -0.0155. The fourth-order valence-electron chi connectivity index (χ4n) is 2.62. The lowest BCUT2D eigenvalue weighted by molar-refractivity contribution is -0.130. The number of nitrogens with zero attached hydrogens (tertiary/aromatic N) is 1. The molecule has 1 aromatic rings. The van der Waals surface area contributed by atoms with Crippen molar-refractivity contribution in [3.05, 3.63) is 35.9 Å². The zero-order chi connectivity index (χ0) is 15.9. The molecule has 0 aliphatic carbocycles. The third-order valence-electron chi connectivity index (χ3n) is 4.09. The highest BCUT2D eigenvalue weighted by atomic mass is 16.2. The predicted octanol–water partition coefficient (Wildman–Crippen LogP) is 0.944. The van der Waals surface area contributed by atoms with Crippen LogP contribution in [0.3, 0.4) is 0 Å². The highest BCUT2D eigenvalue weighted by molar-refractivity contribution is 5.84. The molecule has 0 bridgehead atoms. The van der Waals surface area contributed by atoms with Crippen molar-refractivity contribution in [3.63, 3.8) is 0 Å². The van der Waals surface area contributed by atoms with E-state index in [0.717, 1.165) is 19.4 Å². The molecule has 0 unspecified atom stereocenters. The second-order valence-electron chi connectivity index (χ2n) is 5.93. The molecule has 120 valence electrons. The molecule has 5 heteroatoms. The summed E-state index contributed by atoms with van der Waals surface area (Å²) in [7, 11) is 0. The fraction of sp³-hybridized carbons (Fsp3) is 0.529. The summed E-state index contributed by atoms with van der Waals surface area (Å²) in [5.41, 5.74) is 1.28. The maximum atomic E-state index is 12.3. The second-order valence-corrected chi connectivity index (χ2v) is 5.93. The molecule has 22 heavy (non-hydrogen) atoms. The number of hydrogen-bond donors (Lipinski definition) is 2. The van der Waals surface area contributed by atoms with Gasteiger partial charge in [0.1, 0.15) is 0 Å². The quantitative estimate of drug-likeness (QED) is 0.822. The van der Waals surface area contributed by atoms with Crippen LogP contribution in [0.25, 0.3) is 0 Å². The van der Waals surface area contributed by atoms with E-state index in [1.54, 1.807) is 0 Å². The minimum atomic E-state index is -0.273. The highest BCUT2D eigenvalue weighted by Gasteiger charge is 2.26. The first-order valence-corrected chi connectivity index (χ1v) is 7.91. The van der Waals surface area contributed by atoms with E-state index in [4.69, 9.17) is 0 Å². The lowest BCUT2D eigenvalue weighted by Crippen LogP contribution is -2.55. The largest absolute Gasteiger partial charge is 0.354 e. The number of carbonyl (C=O) groups excluding carboxylic acids is 2. The summed E-state index contributed by atoms with van der Waals surface area (Å²) < 4.78 is 0. The third-order valence-corrected chi connectivity index (χ3v) is 4.09. The Kier molecular flexibility index (Phi) is 5.95. The van der Waals surface area contributed by atoms with Gasteiger partial charge >= 0.3 is 0 Å². The minimum absolute atomic E-state index is 0.00439. The van der Waals surface area contributed by atoms with E-state index in [9.17, 15) is 9.59 Å². The summed E-state index contributed by atoms with van der Waals surface area (Å²) in [6.45, 7) is 5.51. The van der Waals surface area contributed by atoms with Gasteiger partial charge in [0.05, 0.1) is 12.6 Å². The van der Waals surface area contributed by atoms with Crippen molar-refractivity contribution in [2.24, 2.45) is 0 Å². The monoisotopic (exact) mass is 303 g/mol. The zero-order valence-electron chi connectivity index (χ0n) is 13.3. The summed E-state index contributed by atoms with van der Waals surface area (Å²) in [5, 5.41) is 5.82. The van der Waals surface area contributed by atoms with Crippen molar-refractivity contribution in [1.29, 1.82) is 0 Å². The van der Waals surface area contributed by atoms with Gasteiger partial charge in [-0.3, -0.25) is 14.5 Å². The first-order valence-electron chi connectivity index (χ1n) is 7.91. The Balaban J connectivity index is 1.76. The van der Waals surface area contributed by atoms with Crippen LogP contribution >= 0.6 is 0 Å². The molecule has 0 aromatic heterocycles. The molecule has 0 radical (unpaired) electrons. The van der Waals surface area contributed by atoms with Crippen LogP contribution in [-0.4, -0.2) is 48.4 Å². The zero-order valence-corrected chi connectivity index (χ0v) is 13.3.